The molecule has 1 aromatic carbocycles. The number of hydrogen-bond acceptors (Lipinski definition) is 10. The highest BCUT2D eigenvalue weighted by atomic mass is 16.7. The Labute approximate surface area is 200 Å². The summed E-state index contributed by atoms with van der Waals surface area (Å²) in [5.41, 5.74) is 0.0322. The molecule has 0 aliphatic carbocycles. The zero-order valence-electron chi connectivity index (χ0n) is 19.7. The first kappa shape index (κ1) is 28.4. The SMILES string of the molecule is O=[N+]([O-])c1ccc(OCCOCCOCCOCCOCCOCCOC2CCCCO2)cc1. The molecule has 0 radical (unpaired) electrons. The van der Waals surface area contributed by atoms with E-state index in [1.165, 1.54) is 12.1 Å². The van der Waals surface area contributed by atoms with Gasteiger partial charge in [0.2, 0.25) is 0 Å². The lowest BCUT2D eigenvalue weighted by Gasteiger charge is -2.22. The van der Waals surface area contributed by atoms with Gasteiger partial charge in [-0.15, -0.1) is 0 Å². The van der Waals surface area contributed by atoms with E-state index in [1.54, 1.807) is 12.1 Å². The van der Waals surface area contributed by atoms with E-state index < -0.39 is 4.92 Å². The van der Waals surface area contributed by atoms with Crippen LogP contribution in [0.5, 0.6) is 5.75 Å². The number of nitro benzene ring substituents is 1. The molecule has 0 saturated carbocycles. The van der Waals surface area contributed by atoms with Crippen molar-refractivity contribution in [2.45, 2.75) is 25.6 Å². The Morgan fingerprint density at radius 2 is 1.24 bits per heavy atom. The highest BCUT2D eigenvalue weighted by Gasteiger charge is 2.13. The molecule has 11 heteroatoms. The van der Waals surface area contributed by atoms with Crippen LogP contribution in [0.15, 0.2) is 24.3 Å². The number of nitro groups is 1. The fourth-order valence-electron chi connectivity index (χ4n) is 2.95. The summed E-state index contributed by atoms with van der Waals surface area (Å²) < 4.78 is 43.7. The Morgan fingerprint density at radius 3 is 1.71 bits per heavy atom. The van der Waals surface area contributed by atoms with Crippen LogP contribution in [0, 0.1) is 10.1 Å². The van der Waals surface area contributed by atoms with E-state index in [0.29, 0.717) is 85.0 Å². The summed E-state index contributed by atoms with van der Waals surface area (Å²) in [6.07, 6.45) is 3.17. The van der Waals surface area contributed by atoms with Crippen LogP contribution in [0.1, 0.15) is 19.3 Å². The van der Waals surface area contributed by atoms with Crippen molar-refractivity contribution in [1.29, 1.82) is 0 Å². The van der Waals surface area contributed by atoms with Crippen molar-refractivity contribution in [1.82, 2.24) is 0 Å². The minimum absolute atomic E-state index is 0.0322. The van der Waals surface area contributed by atoms with E-state index in [0.717, 1.165) is 25.9 Å². The standard InChI is InChI=1S/C23H37NO10/c25-24(26)21-4-6-22(7-5-21)32-19-17-30-15-13-28-11-9-27-10-12-29-14-16-31-18-20-34-23-3-1-2-8-33-23/h4-7,23H,1-3,8-20H2. The fourth-order valence-corrected chi connectivity index (χ4v) is 2.95. The fraction of sp³-hybridized carbons (Fsp3) is 0.739. The Hall–Kier alpha value is -1.86. The molecule has 0 bridgehead atoms. The van der Waals surface area contributed by atoms with Gasteiger partial charge in [0.1, 0.15) is 12.4 Å². The molecule has 2 rings (SSSR count). The van der Waals surface area contributed by atoms with Crippen molar-refractivity contribution >= 4 is 5.69 Å². The van der Waals surface area contributed by atoms with Crippen LogP contribution in [-0.4, -0.2) is 97.1 Å². The molecule has 194 valence electrons. The van der Waals surface area contributed by atoms with Gasteiger partial charge in [-0.3, -0.25) is 10.1 Å². The minimum atomic E-state index is -0.449. The summed E-state index contributed by atoms with van der Waals surface area (Å²) in [6, 6.07) is 5.92. The van der Waals surface area contributed by atoms with Crippen molar-refractivity contribution in [3.63, 3.8) is 0 Å². The third kappa shape index (κ3) is 14.4. The van der Waals surface area contributed by atoms with E-state index >= 15 is 0 Å². The van der Waals surface area contributed by atoms with Crippen LogP contribution in [0.4, 0.5) is 5.69 Å². The van der Waals surface area contributed by atoms with Gasteiger partial charge in [0, 0.05) is 18.7 Å². The lowest BCUT2D eigenvalue weighted by atomic mass is 10.2. The number of benzene rings is 1. The van der Waals surface area contributed by atoms with Crippen molar-refractivity contribution in [2.75, 3.05) is 85.9 Å². The van der Waals surface area contributed by atoms with Crippen molar-refractivity contribution in [3.05, 3.63) is 34.4 Å². The summed E-state index contributed by atoms with van der Waals surface area (Å²) in [6.45, 7) is 6.55. The molecular formula is C23H37NO10. The van der Waals surface area contributed by atoms with Gasteiger partial charge >= 0.3 is 0 Å². The van der Waals surface area contributed by atoms with Crippen LogP contribution in [0.25, 0.3) is 0 Å². The smallest absolute Gasteiger partial charge is 0.269 e. The van der Waals surface area contributed by atoms with E-state index in [9.17, 15) is 10.1 Å². The second kappa shape index (κ2) is 19.4. The molecule has 1 saturated heterocycles. The third-order valence-corrected chi connectivity index (χ3v) is 4.70. The molecule has 1 atom stereocenters. The van der Waals surface area contributed by atoms with E-state index in [-0.39, 0.29) is 12.0 Å². The first-order valence-electron chi connectivity index (χ1n) is 11.7. The number of nitrogens with zero attached hydrogens (tertiary/aromatic N) is 1. The first-order chi connectivity index (χ1) is 16.8. The molecular weight excluding hydrogens is 450 g/mol. The highest BCUT2D eigenvalue weighted by Crippen LogP contribution is 2.17. The van der Waals surface area contributed by atoms with E-state index in [1.807, 2.05) is 0 Å². The molecule has 0 N–H and O–H groups in total. The Bertz CT molecular complexity index is 625. The van der Waals surface area contributed by atoms with Gasteiger partial charge in [-0.1, -0.05) is 0 Å². The van der Waals surface area contributed by atoms with Gasteiger partial charge in [-0.05, 0) is 31.4 Å². The average molecular weight is 488 g/mol. The summed E-state index contributed by atoms with van der Waals surface area (Å²) in [5, 5.41) is 10.6. The number of rotatable bonds is 21. The second-order valence-electron chi connectivity index (χ2n) is 7.33. The molecule has 34 heavy (non-hydrogen) atoms. The van der Waals surface area contributed by atoms with Crippen LogP contribution < -0.4 is 4.74 Å². The highest BCUT2D eigenvalue weighted by molar-refractivity contribution is 5.35. The molecule has 1 aliphatic rings. The zero-order valence-corrected chi connectivity index (χ0v) is 19.7. The van der Waals surface area contributed by atoms with E-state index in [4.69, 9.17) is 37.9 Å². The molecule has 1 fully saturated rings. The van der Waals surface area contributed by atoms with Crippen molar-refractivity contribution < 1.29 is 42.8 Å². The van der Waals surface area contributed by atoms with Gasteiger partial charge in [0.25, 0.3) is 5.69 Å². The third-order valence-electron chi connectivity index (χ3n) is 4.70. The van der Waals surface area contributed by atoms with Gasteiger partial charge in [-0.25, -0.2) is 0 Å². The second-order valence-corrected chi connectivity index (χ2v) is 7.33. The zero-order chi connectivity index (χ0) is 24.1. The lowest BCUT2D eigenvalue weighted by molar-refractivity contribution is -0.384. The van der Waals surface area contributed by atoms with Crippen LogP contribution in [0.3, 0.4) is 0 Å². The molecule has 1 heterocycles. The molecule has 1 aromatic rings. The van der Waals surface area contributed by atoms with Gasteiger partial charge in [0.15, 0.2) is 6.29 Å². The van der Waals surface area contributed by atoms with Crippen molar-refractivity contribution in [2.24, 2.45) is 0 Å². The first-order valence-corrected chi connectivity index (χ1v) is 11.7. The lowest BCUT2D eigenvalue weighted by Crippen LogP contribution is -2.24. The molecule has 1 aliphatic heterocycles. The number of non-ortho nitro benzene ring substituents is 1. The molecule has 11 nitrogen and oxygen atoms in total. The van der Waals surface area contributed by atoms with Crippen LogP contribution in [-0.2, 0) is 33.2 Å². The maximum Gasteiger partial charge on any atom is 0.269 e. The Kier molecular flexibility index (Phi) is 16.2. The molecule has 1 unspecified atom stereocenters. The Morgan fingerprint density at radius 1 is 0.735 bits per heavy atom. The largest absolute Gasteiger partial charge is 0.491 e. The predicted molar refractivity (Wildman–Crippen MR) is 122 cm³/mol. The van der Waals surface area contributed by atoms with Gasteiger partial charge in [0.05, 0.1) is 77.6 Å². The number of ether oxygens (including phenoxy) is 8. The summed E-state index contributed by atoms with van der Waals surface area (Å²) >= 11 is 0. The van der Waals surface area contributed by atoms with E-state index in [2.05, 4.69) is 0 Å². The summed E-state index contributed by atoms with van der Waals surface area (Å²) in [4.78, 5) is 10.1. The van der Waals surface area contributed by atoms with Gasteiger partial charge in [-0.2, -0.15) is 0 Å². The number of hydrogen-bond donors (Lipinski definition) is 0. The molecule has 0 aromatic heterocycles. The monoisotopic (exact) mass is 487 g/mol. The maximum absolute atomic E-state index is 10.6. The quantitative estimate of drug-likeness (QED) is 0.145. The van der Waals surface area contributed by atoms with Crippen molar-refractivity contribution in [3.8, 4) is 5.75 Å². The Balaban J connectivity index is 1.23. The topological polar surface area (TPSA) is 117 Å². The predicted octanol–water partition coefficient (Wildman–Crippen LogP) is 2.60. The normalized spacial score (nSPS) is 15.9. The molecule has 0 spiro atoms. The summed E-state index contributed by atoms with van der Waals surface area (Å²) in [7, 11) is 0. The van der Waals surface area contributed by atoms with Crippen LogP contribution in [0.2, 0.25) is 0 Å². The maximum atomic E-state index is 10.6. The molecule has 0 amide bonds. The average Bonchev–Trinajstić information content (AvgIpc) is 2.86. The van der Waals surface area contributed by atoms with Crippen LogP contribution >= 0.6 is 0 Å². The minimum Gasteiger partial charge on any atom is -0.491 e. The van der Waals surface area contributed by atoms with Gasteiger partial charge < -0.3 is 37.9 Å². The summed E-state index contributed by atoms with van der Waals surface area (Å²) in [5.74, 6) is 0.564.